The van der Waals surface area contributed by atoms with Crippen molar-refractivity contribution in [2.24, 2.45) is 5.73 Å². The molecule has 21 heavy (non-hydrogen) atoms. The third-order valence-corrected chi connectivity index (χ3v) is 4.69. The molecule has 1 aromatic rings. The van der Waals surface area contributed by atoms with Gasteiger partial charge in [0, 0.05) is 11.3 Å². The maximum atomic E-state index is 12.3. The second-order valence-corrected chi connectivity index (χ2v) is 6.20. The van der Waals surface area contributed by atoms with Crippen LogP contribution in [-0.2, 0) is 19.6 Å². The number of esters is 1. The van der Waals surface area contributed by atoms with Gasteiger partial charge < -0.3 is 15.5 Å². The highest BCUT2D eigenvalue weighted by molar-refractivity contribution is 7.89. The summed E-state index contributed by atoms with van der Waals surface area (Å²) in [5.74, 6) is -1.43. The van der Waals surface area contributed by atoms with Gasteiger partial charge in [-0.1, -0.05) is 0 Å². The van der Waals surface area contributed by atoms with Crippen LogP contribution < -0.4 is 10.5 Å². The molecule has 0 aromatic carbocycles. The molecule has 1 heterocycles. The first-order valence-electron chi connectivity index (χ1n) is 6.29. The highest BCUT2D eigenvalue weighted by Crippen LogP contribution is 2.23. The molecule has 4 N–H and O–H groups in total. The largest absolute Gasteiger partial charge is 0.461 e. The number of rotatable bonds is 6. The lowest BCUT2D eigenvalue weighted by molar-refractivity contribution is -0.119. The fourth-order valence-corrected chi connectivity index (χ4v) is 3.55. The number of aromatic amines is 1. The fourth-order valence-electron chi connectivity index (χ4n) is 1.89. The molecule has 0 saturated heterocycles. The Morgan fingerprint density at radius 3 is 2.43 bits per heavy atom. The van der Waals surface area contributed by atoms with Crippen LogP contribution in [0.25, 0.3) is 0 Å². The Morgan fingerprint density at radius 1 is 1.38 bits per heavy atom. The molecule has 0 aliphatic carbocycles. The van der Waals surface area contributed by atoms with Crippen LogP contribution in [0.3, 0.4) is 0 Å². The Kier molecular flexibility index (Phi) is 5.13. The van der Waals surface area contributed by atoms with Gasteiger partial charge in [-0.2, -0.15) is 4.72 Å². The number of primary amides is 1. The molecule has 0 spiro atoms. The van der Waals surface area contributed by atoms with Crippen molar-refractivity contribution in [1.29, 1.82) is 0 Å². The lowest BCUT2D eigenvalue weighted by Crippen LogP contribution is -2.42. The fraction of sp³-hybridized carbons (Fsp3) is 0.500. The summed E-state index contributed by atoms with van der Waals surface area (Å²) in [6.07, 6.45) is 0. The average molecular weight is 317 g/mol. The summed E-state index contributed by atoms with van der Waals surface area (Å²) in [7, 11) is -3.98. The number of nitrogens with one attached hydrogen (secondary N) is 2. The maximum absolute atomic E-state index is 12.3. The van der Waals surface area contributed by atoms with E-state index >= 15 is 0 Å². The van der Waals surface area contributed by atoms with Crippen LogP contribution >= 0.6 is 0 Å². The molecule has 0 aliphatic rings. The van der Waals surface area contributed by atoms with E-state index in [0.717, 1.165) is 0 Å². The number of nitrogens with two attached hydrogens (primary N) is 1. The number of H-pyrrole nitrogens is 1. The van der Waals surface area contributed by atoms with E-state index in [1.54, 1.807) is 6.92 Å². The highest BCUT2D eigenvalue weighted by Gasteiger charge is 2.29. The van der Waals surface area contributed by atoms with Gasteiger partial charge in [-0.3, -0.25) is 4.79 Å². The zero-order chi connectivity index (χ0) is 16.4. The van der Waals surface area contributed by atoms with Crippen molar-refractivity contribution in [1.82, 2.24) is 9.71 Å². The Hall–Kier alpha value is -1.87. The predicted octanol–water partition coefficient (Wildman–Crippen LogP) is -0.0397. The summed E-state index contributed by atoms with van der Waals surface area (Å²) in [5.41, 5.74) is 5.62. The Balaban J connectivity index is 3.25. The smallest absolute Gasteiger partial charge is 0.355 e. The van der Waals surface area contributed by atoms with Gasteiger partial charge in [0.05, 0.1) is 12.6 Å². The lowest BCUT2D eigenvalue weighted by atomic mass is 10.2. The van der Waals surface area contributed by atoms with E-state index < -0.39 is 27.9 Å². The van der Waals surface area contributed by atoms with Gasteiger partial charge in [0.15, 0.2) is 0 Å². The van der Waals surface area contributed by atoms with Gasteiger partial charge in [-0.05, 0) is 27.7 Å². The van der Waals surface area contributed by atoms with Crippen molar-refractivity contribution in [3.05, 3.63) is 17.0 Å². The average Bonchev–Trinajstić information content (AvgIpc) is 2.64. The molecule has 1 amide bonds. The van der Waals surface area contributed by atoms with Gasteiger partial charge in [-0.25, -0.2) is 13.2 Å². The van der Waals surface area contributed by atoms with Crippen LogP contribution in [0, 0.1) is 13.8 Å². The van der Waals surface area contributed by atoms with Crippen molar-refractivity contribution in [3.8, 4) is 0 Å². The number of hydrogen-bond donors (Lipinski definition) is 3. The molecule has 0 radical (unpaired) electrons. The number of carbonyl (C=O) groups is 2. The molecule has 0 fully saturated rings. The lowest BCUT2D eigenvalue weighted by Gasteiger charge is -2.11. The third-order valence-electron chi connectivity index (χ3n) is 2.88. The summed E-state index contributed by atoms with van der Waals surface area (Å²) in [6, 6.07) is -1.06. The SMILES string of the molecule is CCOC(=O)c1[nH]c(C)c(S(=O)(=O)NC(C)C(N)=O)c1C. The Morgan fingerprint density at radius 2 is 1.95 bits per heavy atom. The molecule has 1 aromatic heterocycles. The molecule has 0 saturated carbocycles. The number of sulfonamides is 1. The molecule has 118 valence electrons. The molecule has 1 atom stereocenters. The van der Waals surface area contributed by atoms with E-state index in [1.807, 2.05) is 0 Å². The third kappa shape index (κ3) is 3.61. The molecular formula is C12H19N3O5S. The standard InChI is InChI=1S/C12H19N3O5S/c1-5-20-12(17)9-6(2)10(7(3)14-9)21(18,19)15-8(4)11(13)16/h8,14-15H,5H2,1-4H3,(H2,13,16). The normalized spacial score (nSPS) is 13.0. The molecule has 8 nitrogen and oxygen atoms in total. The van der Waals surface area contributed by atoms with Crippen molar-refractivity contribution in [3.63, 3.8) is 0 Å². The van der Waals surface area contributed by atoms with E-state index in [9.17, 15) is 18.0 Å². The van der Waals surface area contributed by atoms with E-state index in [-0.39, 0.29) is 28.5 Å². The molecule has 1 unspecified atom stereocenters. The van der Waals surface area contributed by atoms with Crippen LogP contribution in [0.1, 0.15) is 35.6 Å². The molecule has 9 heteroatoms. The van der Waals surface area contributed by atoms with Gasteiger partial charge in [0.1, 0.15) is 10.6 Å². The summed E-state index contributed by atoms with van der Waals surface area (Å²) in [5, 5.41) is 0. The predicted molar refractivity (Wildman–Crippen MR) is 75.2 cm³/mol. The van der Waals surface area contributed by atoms with Gasteiger partial charge in [0.25, 0.3) is 0 Å². The van der Waals surface area contributed by atoms with E-state index in [0.29, 0.717) is 0 Å². The number of amides is 1. The van der Waals surface area contributed by atoms with Crippen LogP contribution in [0.15, 0.2) is 4.90 Å². The van der Waals surface area contributed by atoms with E-state index in [1.165, 1.54) is 20.8 Å². The quantitative estimate of drug-likeness (QED) is 0.633. The molecular weight excluding hydrogens is 298 g/mol. The Labute approximate surface area is 123 Å². The van der Waals surface area contributed by atoms with Crippen molar-refractivity contribution in [2.75, 3.05) is 6.61 Å². The van der Waals surface area contributed by atoms with E-state index in [2.05, 4.69) is 9.71 Å². The van der Waals surface area contributed by atoms with Gasteiger partial charge >= 0.3 is 5.97 Å². The van der Waals surface area contributed by atoms with Crippen LogP contribution in [0.2, 0.25) is 0 Å². The first kappa shape index (κ1) is 17.2. The summed E-state index contributed by atoms with van der Waals surface area (Å²) in [4.78, 5) is 25.3. The van der Waals surface area contributed by atoms with E-state index in [4.69, 9.17) is 10.5 Å². The minimum Gasteiger partial charge on any atom is -0.461 e. The number of hydrogen-bond acceptors (Lipinski definition) is 5. The summed E-state index contributed by atoms with van der Waals surface area (Å²) in [6.45, 7) is 6.16. The minimum atomic E-state index is -3.98. The van der Waals surface area contributed by atoms with Crippen molar-refractivity contribution in [2.45, 2.75) is 38.6 Å². The van der Waals surface area contributed by atoms with Gasteiger partial charge in [0.2, 0.25) is 15.9 Å². The number of aryl methyl sites for hydroxylation is 1. The second-order valence-electron chi connectivity index (χ2n) is 4.54. The monoisotopic (exact) mass is 317 g/mol. The first-order chi connectivity index (χ1) is 9.61. The van der Waals surface area contributed by atoms with Gasteiger partial charge in [-0.15, -0.1) is 0 Å². The second kappa shape index (κ2) is 6.27. The molecule has 1 rings (SSSR count). The van der Waals surface area contributed by atoms with Crippen LogP contribution in [-0.4, -0.2) is 37.9 Å². The highest BCUT2D eigenvalue weighted by atomic mass is 32.2. The topological polar surface area (TPSA) is 131 Å². The molecule has 0 aliphatic heterocycles. The van der Waals surface area contributed by atoms with Crippen molar-refractivity contribution >= 4 is 21.9 Å². The first-order valence-corrected chi connectivity index (χ1v) is 7.78. The maximum Gasteiger partial charge on any atom is 0.355 e. The summed E-state index contributed by atoms with van der Waals surface area (Å²) >= 11 is 0. The number of ether oxygens (including phenoxy) is 1. The minimum absolute atomic E-state index is 0.0708. The Bertz CT molecular complexity index is 663. The van der Waals surface area contributed by atoms with Crippen LogP contribution in [0.4, 0.5) is 0 Å². The van der Waals surface area contributed by atoms with Crippen LogP contribution in [0.5, 0.6) is 0 Å². The number of carbonyl (C=O) groups excluding carboxylic acids is 2. The summed E-state index contributed by atoms with van der Waals surface area (Å²) < 4.78 is 31.6. The molecule has 0 bridgehead atoms. The zero-order valence-corrected chi connectivity index (χ0v) is 13.1. The number of aromatic nitrogens is 1. The zero-order valence-electron chi connectivity index (χ0n) is 12.3. The van der Waals surface area contributed by atoms with Crippen molar-refractivity contribution < 1.29 is 22.7 Å².